The van der Waals surface area contributed by atoms with Crippen molar-refractivity contribution in [3.63, 3.8) is 0 Å². The molecule has 53 heavy (non-hydrogen) atoms. The molecule has 0 bridgehead atoms. The van der Waals surface area contributed by atoms with Crippen molar-refractivity contribution < 1.29 is 4.79 Å². The molecule has 0 aliphatic heterocycles. The maximum absolute atomic E-state index is 13.0. The number of aromatic nitrogens is 4. The van der Waals surface area contributed by atoms with Gasteiger partial charge in [0.05, 0.1) is 21.4 Å². The predicted molar refractivity (Wildman–Crippen MR) is 225 cm³/mol. The van der Waals surface area contributed by atoms with Gasteiger partial charge in [-0.1, -0.05) is 120 Å². The van der Waals surface area contributed by atoms with Crippen molar-refractivity contribution in [2.75, 3.05) is 11.1 Å². The number of halogens is 2. The highest BCUT2D eigenvalue weighted by atomic mass is 35.5. The minimum Gasteiger partial charge on any atom is -0.382 e. The maximum atomic E-state index is 13.0. The zero-order valence-corrected chi connectivity index (χ0v) is 33.9. The summed E-state index contributed by atoms with van der Waals surface area (Å²) < 4.78 is 3.66. The lowest BCUT2D eigenvalue weighted by molar-refractivity contribution is 0.103. The summed E-state index contributed by atoms with van der Waals surface area (Å²) in [5, 5.41) is 3.86. The molecule has 3 N–H and O–H groups in total. The van der Waals surface area contributed by atoms with E-state index in [2.05, 4.69) is 58.4 Å². The summed E-state index contributed by atoms with van der Waals surface area (Å²) in [6.07, 6.45) is 1.51. The number of thioether (sulfide) groups is 2. The first-order valence-corrected chi connectivity index (χ1v) is 20.7. The molecule has 0 spiro atoms. The third kappa shape index (κ3) is 9.14. The number of hydrogen-bond donors (Lipinski definition) is 2. The molecule has 0 saturated heterocycles. The molecule has 7 aromatic rings. The van der Waals surface area contributed by atoms with Crippen LogP contribution >= 0.6 is 69.4 Å². The average molecular weight is 818 g/mol. The number of carbonyl (C=O) groups is 1. The van der Waals surface area contributed by atoms with Crippen LogP contribution in [0.5, 0.6) is 0 Å². The molecular formula is C39H34Cl2N6O2S4. The SMILES string of the molecule is Cc1ccccc1CSc1nc(N)c(C(=O)Nc2c(C)cccc2Cl)s1.Cc1ccccc1CSc1nc2ncn(-c3c(C)cccc3Cl)c(=O)c2s1. The number of para-hydroxylation sites is 2. The highest BCUT2D eigenvalue weighted by Crippen LogP contribution is 2.34. The van der Waals surface area contributed by atoms with Crippen LogP contribution in [0.25, 0.3) is 16.0 Å². The van der Waals surface area contributed by atoms with Crippen molar-refractivity contribution in [3.8, 4) is 5.69 Å². The van der Waals surface area contributed by atoms with Gasteiger partial charge < -0.3 is 11.1 Å². The van der Waals surface area contributed by atoms with E-state index in [1.165, 1.54) is 55.8 Å². The fraction of sp³-hybridized carbons (Fsp3) is 0.154. The number of nitrogen functional groups attached to an aromatic ring is 1. The van der Waals surface area contributed by atoms with Crippen LogP contribution < -0.4 is 16.6 Å². The number of hydrogen-bond acceptors (Lipinski definition) is 10. The molecule has 0 aliphatic rings. The monoisotopic (exact) mass is 816 g/mol. The zero-order chi connectivity index (χ0) is 37.6. The van der Waals surface area contributed by atoms with Crippen molar-refractivity contribution in [1.82, 2.24) is 19.5 Å². The molecule has 3 aromatic heterocycles. The summed E-state index contributed by atoms with van der Waals surface area (Å²) >= 11 is 18.4. The van der Waals surface area contributed by atoms with Crippen molar-refractivity contribution in [2.45, 2.75) is 47.9 Å². The molecule has 4 aromatic carbocycles. The van der Waals surface area contributed by atoms with Gasteiger partial charge in [-0.15, -0.1) is 22.7 Å². The van der Waals surface area contributed by atoms with Crippen molar-refractivity contribution in [3.05, 3.63) is 150 Å². The number of rotatable bonds is 9. The van der Waals surface area contributed by atoms with Gasteiger partial charge in [0.2, 0.25) is 0 Å². The lowest BCUT2D eigenvalue weighted by Gasteiger charge is -2.10. The van der Waals surface area contributed by atoms with Gasteiger partial charge in [0, 0.05) is 11.5 Å². The van der Waals surface area contributed by atoms with Gasteiger partial charge in [0.1, 0.15) is 21.7 Å². The Labute approximate surface area is 333 Å². The molecule has 0 fully saturated rings. The first-order valence-electron chi connectivity index (χ1n) is 16.3. The topological polar surface area (TPSA) is 116 Å². The standard InChI is InChI=1S/C20H16ClN3OS2.C19H18ClN3OS2/c1-12-6-3-4-8-14(12)10-26-20-23-18-17(27-20)19(25)24(11-22-18)16-13(2)7-5-9-15(16)21;1-11-6-3-4-8-13(11)10-25-19-23-17(21)16(26-19)18(24)22-15-12(2)7-5-9-14(15)20/h3-9,11H,10H2,1-2H3;3-9H,10,21H2,1-2H3,(H,22,24). The van der Waals surface area contributed by atoms with Gasteiger partial charge in [-0.3, -0.25) is 14.2 Å². The van der Waals surface area contributed by atoms with E-state index in [9.17, 15) is 9.59 Å². The summed E-state index contributed by atoms with van der Waals surface area (Å²) in [4.78, 5) is 39.2. The van der Waals surface area contributed by atoms with Crippen LogP contribution in [0.4, 0.5) is 11.5 Å². The summed E-state index contributed by atoms with van der Waals surface area (Å²) in [5.41, 5.74) is 14.4. The molecule has 7 rings (SSSR count). The van der Waals surface area contributed by atoms with E-state index in [-0.39, 0.29) is 17.3 Å². The van der Waals surface area contributed by atoms with Crippen molar-refractivity contribution >= 4 is 97.2 Å². The Morgan fingerprint density at radius 3 is 1.92 bits per heavy atom. The summed E-state index contributed by atoms with van der Waals surface area (Å²) in [6.45, 7) is 7.99. The van der Waals surface area contributed by atoms with E-state index in [1.54, 1.807) is 35.7 Å². The van der Waals surface area contributed by atoms with E-state index < -0.39 is 0 Å². The van der Waals surface area contributed by atoms with Crippen LogP contribution in [0.1, 0.15) is 43.1 Å². The van der Waals surface area contributed by atoms with Gasteiger partial charge in [-0.25, -0.2) is 15.0 Å². The Hall–Kier alpha value is -4.17. The molecule has 0 atom stereocenters. The predicted octanol–water partition coefficient (Wildman–Crippen LogP) is 10.9. The molecule has 0 radical (unpaired) electrons. The number of thiazole rings is 2. The smallest absolute Gasteiger partial charge is 0.277 e. The minimum atomic E-state index is -0.293. The Balaban J connectivity index is 0.000000182. The Bertz CT molecular complexity index is 2460. The molecule has 270 valence electrons. The van der Waals surface area contributed by atoms with E-state index >= 15 is 0 Å². The molecule has 1 amide bonds. The van der Waals surface area contributed by atoms with Gasteiger partial charge in [0.25, 0.3) is 11.5 Å². The van der Waals surface area contributed by atoms with Crippen LogP contribution in [0.2, 0.25) is 10.0 Å². The largest absolute Gasteiger partial charge is 0.382 e. The molecule has 0 unspecified atom stereocenters. The van der Waals surface area contributed by atoms with Gasteiger partial charge >= 0.3 is 0 Å². The molecule has 0 saturated carbocycles. The third-order valence-electron chi connectivity index (χ3n) is 8.25. The second kappa shape index (κ2) is 17.3. The molecule has 3 heterocycles. The number of nitrogens with two attached hydrogens (primary N) is 1. The Morgan fingerprint density at radius 1 is 0.755 bits per heavy atom. The number of carbonyl (C=O) groups excluding carboxylic acids is 1. The van der Waals surface area contributed by atoms with Crippen LogP contribution in [0, 0.1) is 27.7 Å². The number of aryl methyl sites for hydroxylation is 4. The number of anilines is 2. The summed E-state index contributed by atoms with van der Waals surface area (Å²) in [7, 11) is 0. The quantitative estimate of drug-likeness (QED) is 0.138. The van der Waals surface area contributed by atoms with Gasteiger partial charge in [-0.05, 0) is 73.2 Å². The van der Waals surface area contributed by atoms with Crippen LogP contribution in [0.15, 0.2) is 105 Å². The number of nitrogens with zero attached hydrogens (tertiary/aromatic N) is 4. The van der Waals surface area contributed by atoms with E-state index in [1.807, 2.05) is 62.4 Å². The normalized spacial score (nSPS) is 11.0. The lowest BCUT2D eigenvalue weighted by atomic mass is 10.1. The number of benzene rings is 4. The minimum absolute atomic E-state index is 0.142. The van der Waals surface area contributed by atoms with Crippen molar-refractivity contribution in [2.24, 2.45) is 0 Å². The first kappa shape index (κ1) is 38.6. The highest BCUT2D eigenvalue weighted by molar-refractivity contribution is 8.00. The lowest BCUT2D eigenvalue weighted by Crippen LogP contribution is -2.19. The van der Waals surface area contributed by atoms with Crippen molar-refractivity contribution in [1.29, 1.82) is 0 Å². The second-order valence-electron chi connectivity index (χ2n) is 12.0. The molecular weight excluding hydrogens is 784 g/mol. The van der Waals surface area contributed by atoms with E-state index in [4.69, 9.17) is 28.9 Å². The summed E-state index contributed by atoms with van der Waals surface area (Å²) in [5.74, 6) is 1.54. The second-order valence-corrected chi connectivity index (χ2v) is 17.2. The third-order valence-corrected chi connectivity index (χ3v) is 13.4. The average Bonchev–Trinajstić information content (AvgIpc) is 3.73. The number of fused-ring (bicyclic) bond motifs is 1. The fourth-order valence-electron chi connectivity index (χ4n) is 5.26. The molecule has 14 heteroatoms. The molecule has 8 nitrogen and oxygen atoms in total. The molecule has 0 aliphatic carbocycles. The Morgan fingerprint density at radius 2 is 1.32 bits per heavy atom. The Kier molecular flexibility index (Phi) is 12.6. The first-order chi connectivity index (χ1) is 25.5. The van der Waals surface area contributed by atoms with E-state index in [0.717, 1.165) is 31.3 Å². The fourth-order valence-corrected chi connectivity index (χ4v) is 9.98. The summed E-state index contributed by atoms with van der Waals surface area (Å²) in [6, 6.07) is 27.5. The van der Waals surface area contributed by atoms with Crippen LogP contribution in [0.3, 0.4) is 0 Å². The number of nitrogens with one attached hydrogen (secondary N) is 1. The zero-order valence-electron chi connectivity index (χ0n) is 29.1. The van der Waals surface area contributed by atoms with Crippen LogP contribution in [-0.2, 0) is 11.5 Å². The maximum Gasteiger partial charge on any atom is 0.277 e. The highest BCUT2D eigenvalue weighted by Gasteiger charge is 2.19. The van der Waals surface area contributed by atoms with E-state index in [0.29, 0.717) is 36.6 Å². The van der Waals surface area contributed by atoms with Gasteiger partial charge in [0.15, 0.2) is 14.3 Å². The van der Waals surface area contributed by atoms with Gasteiger partial charge in [-0.2, -0.15) is 0 Å². The van der Waals surface area contributed by atoms with Crippen LogP contribution in [-0.4, -0.2) is 25.4 Å². The number of amides is 1.